The van der Waals surface area contributed by atoms with Crippen LogP contribution in [0.1, 0.15) is 59.3 Å². The van der Waals surface area contributed by atoms with Gasteiger partial charge in [-0.3, -0.25) is 4.79 Å². The van der Waals surface area contributed by atoms with Gasteiger partial charge in [0.2, 0.25) is 0 Å². The number of nitrogens with one attached hydrogen (secondary N) is 1. The lowest BCUT2D eigenvalue weighted by molar-refractivity contribution is -0.143. The summed E-state index contributed by atoms with van der Waals surface area (Å²) in [6.07, 6.45) is 4.87. The number of alkyl carbamates (subject to hydrolysis) is 1. The number of ether oxygens (including phenoxy) is 2. The van der Waals surface area contributed by atoms with Gasteiger partial charge in [-0.05, 0) is 18.8 Å². The van der Waals surface area contributed by atoms with Crippen molar-refractivity contribution < 1.29 is 19.1 Å². The molecule has 0 aliphatic carbocycles. The molecular formula is C15H29NO4. The predicted molar refractivity (Wildman–Crippen MR) is 78.5 cm³/mol. The maximum absolute atomic E-state index is 11.4. The normalized spacial score (nSPS) is 10.4. The lowest BCUT2D eigenvalue weighted by Gasteiger charge is -2.08. The highest BCUT2D eigenvalue weighted by molar-refractivity contribution is 5.69. The second-order valence-corrected chi connectivity index (χ2v) is 5.30. The second kappa shape index (κ2) is 12.8. The van der Waals surface area contributed by atoms with Crippen LogP contribution in [0.2, 0.25) is 0 Å². The third-order valence-electron chi connectivity index (χ3n) is 2.64. The molecule has 0 aliphatic rings. The molecule has 0 heterocycles. The Hall–Kier alpha value is -1.26. The fourth-order valence-corrected chi connectivity index (χ4v) is 1.50. The van der Waals surface area contributed by atoms with Crippen LogP contribution in [0, 0.1) is 5.92 Å². The van der Waals surface area contributed by atoms with Crippen molar-refractivity contribution in [2.24, 2.45) is 5.92 Å². The first kappa shape index (κ1) is 18.7. The summed E-state index contributed by atoms with van der Waals surface area (Å²) in [6, 6.07) is 0. The first-order chi connectivity index (χ1) is 9.56. The Bertz CT molecular complexity index is 267. The molecule has 0 bridgehead atoms. The van der Waals surface area contributed by atoms with Crippen LogP contribution >= 0.6 is 0 Å². The average molecular weight is 287 g/mol. The van der Waals surface area contributed by atoms with Crippen molar-refractivity contribution >= 4 is 12.1 Å². The third kappa shape index (κ3) is 13.2. The van der Waals surface area contributed by atoms with Gasteiger partial charge in [-0.25, -0.2) is 4.79 Å². The van der Waals surface area contributed by atoms with E-state index in [1.807, 2.05) is 13.8 Å². The monoisotopic (exact) mass is 287 g/mol. The van der Waals surface area contributed by atoms with Crippen LogP contribution in [-0.4, -0.2) is 31.8 Å². The Labute approximate surface area is 122 Å². The van der Waals surface area contributed by atoms with E-state index in [9.17, 15) is 9.59 Å². The summed E-state index contributed by atoms with van der Waals surface area (Å²) >= 11 is 0. The maximum atomic E-state index is 11.4. The van der Waals surface area contributed by atoms with Crippen LogP contribution < -0.4 is 5.32 Å². The smallest absolute Gasteiger partial charge is 0.407 e. The number of hydrogen-bond acceptors (Lipinski definition) is 4. The first-order valence-electron chi connectivity index (χ1n) is 7.62. The van der Waals surface area contributed by atoms with E-state index in [2.05, 4.69) is 12.2 Å². The zero-order valence-corrected chi connectivity index (χ0v) is 13.1. The third-order valence-corrected chi connectivity index (χ3v) is 2.64. The summed E-state index contributed by atoms with van der Waals surface area (Å²) in [7, 11) is 0. The Balaban J connectivity index is 3.36. The zero-order valence-electron chi connectivity index (χ0n) is 13.1. The molecule has 0 unspecified atom stereocenters. The minimum Gasteiger partial charge on any atom is -0.466 e. The number of hydrogen-bond donors (Lipinski definition) is 1. The van der Waals surface area contributed by atoms with E-state index in [1.54, 1.807) is 0 Å². The molecule has 0 aromatic carbocycles. The Morgan fingerprint density at radius 1 is 1.05 bits per heavy atom. The lowest BCUT2D eigenvalue weighted by Crippen LogP contribution is -2.27. The quantitative estimate of drug-likeness (QED) is 0.468. The van der Waals surface area contributed by atoms with Crippen molar-refractivity contribution in [2.45, 2.75) is 59.3 Å². The summed E-state index contributed by atoms with van der Waals surface area (Å²) < 4.78 is 10.0. The molecule has 0 aliphatic heterocycles. The molecule has 118 valence electrons. The molecule has 0 fully saturated rings. The number of unbranched alkanes of at least 4 members (excludes halogenated alkanes) is 3. The zero-order chi connectivity index (χ0) is 15.2. The highest BCUT2D eigenvalue weighted by Crippen LogP contribution is 2.00. The van der Waals surface area contributed by atoms with Gasteiger partial charge in [0.15, 0.2) is 0 Å². The summed E-state index contributed by atoms with van der Waals surface area (Å²) in [5, 5.41) is 2.61. The molecule has 0 saturated heterocycles. The van der Waals surface area contributed by atoms with Crippen LogP contribution in [0.25, 0.3) is 0 Å². The Kier molecular flexibility index (Phi) is 12.0. The maximum Gasteiger partial charge on any atom is 0.407 e. The molecule has 0 atom stereocenters. The molecule has 20 heavy (non-hydrogen) atoms. The minimum atomic E-state index is -0.424. The lowest BCUT2D eigenvalue weighted by atomic mass is 10.2. The number of carbonyl (C=O) groups excluding carboxylic acids is 2. The first-order valence-corrected chi connectivity index (χ1v) is 7.62. The van der Waals surface area contributed by atoms with Crippen LogP contribution in [0.4, 0.5) is 4.79 Å². The van der Waals surface area contributed by atoms with Crippen molar-refractivity contribution in [1.82, 2.24) is 5.32 Å². The highest BCUT2D eigenvalue weighted by Gasteiger charge is 2.05. The molecule has 5 nitrogen and oxygen atoms in total. The summed E-state index contributed by atoms with van der Waals surface area (Å²) in [4.78, 5) is 22.6. The topological polar surface area (TPSA) is 64.6 Å². The fourth-order valence-electron chi connectivity index (χ4n) is 1.50. The van der Waals surface area contributed by atoms with Gasteiger partial charge >= 0.3 is 12.1 Å². The Morgan fingerprint density at radius 3 is 2.45 bits per heavy atom. The highest BCUT2D eigenvalue weighted by atomic mass is 16.5. The van der Waals surface area contributed by atoms with Crippen LogP contribution in [-0.2, 0) is 14.3 Å². The second-order valence-electron chi connectivity index (χ2n) is 5.30. The van der Waals surface area contributed by atoms with Crippen molar-refractivity contribution in [2.75, 3.05) is 19.8 Å². The molecule has 0 rings (SSSR count). The summed E-state index contributed by atoms with van der Waals surface area (Å²) in [5.41, 5.74) is 0. The minimum absolute atomic E-state index is 0.196. The van der Waals surface area contributed by atoms with Gasteiger partial charge in [0.1, 0.15) is 0 Å². The molecule has 0 aromatic rings. The molecule has 5 heteroatoms. The van der Waals surface area contributed by atoms with E-state index in [4.69, 9.17) is 9.47 Å². The van der Waals surface area contributed by atoms with Gasteiger partial charge in [-0.2, -0.15) is 0 Å². The SMILES string of the molecule is CCCCCCOC(=O)CCCNC(=O)OCC(C)C. The fraction of sp³-hybridized carbons (Fsp3) is 0.867. The van der Waals surface area contributed by atoms with Crippen molar-refractivity contribution in [1.29, 1.82) is 0 Å². The van der Waals surface area contributed by atoms with E-state index in [0.717, 1.165) is 12.8 Å². The van der Waals surface area contributed by atoms with Crippen LogP contribution in [0.3, 0.4) is 0 Å². The molecule has 0 spiro atoms. The number of amides is 1. The predicted octanol–water partition coefficient (Wildman–Crippen LogP) is 3.27. The van der Waals surface area contributed by atoms with Crippen LogP contribution in [0.5, 0.6) is 0 Å². The standard InChI is InChI=1S/C15H29NO4/c1-4-5-6-7-11-19-14(17)9-8-10-16-15(18)20-12-13(2)3/h13H,4-12H2,1-3H3,(H,16,18). The summed E-state index contributed by atoms with van der Waals surface area (Å²) in [6.45, 7) is 7.44. The largest absolute Gasteiger partial charge is 0.466 e. The van der Waals surface area contributed by atoms with Gasteiger partial charge in [0.05, 0.1) is 13.2 Å². The molecule has 1 N–H and O–H groups in total. The number of rotatable bonds is 11. The summed E-state index contributed by atoms with van der Waals surface area (Å²) in [5.74, 6) is 0.127. The number of carbonyl (C=O) groups is 2. The van der Waals surface area contributed by atoms with Gasteiger partial charge in [0, 0.05) is 13.0 Å². The van der Waals surface area contributed by atoms with E-state index in [0.29, 0.717) is 38.5 Å². The van der Waals surface area contributed by atoms with Gasteiger partial charge in [0.25, 0.3) is 0 Å². The van der Waals surface area contributed by atoms with Gasteiger partial charge < -0.3 is 14.8 Å². The van der Waals surface area contributed by atoms with Gasteiger partial charge in [-0.1, -0.05) is 40.0 Å². The van der Waals surface area contributed by atoms with Crippen molar-refractivity contribution in [3.05, 3.63) is 0 Å². The number of esters is 1. The van der Waals surface area contributed by atoms with E-state index < -0.39 is 6.09 Å². The van der Waals surface area contributed by atoms with Crippen molar-refractivity contribution in [3.8, 4) is 0 Å². The molecule has 0 aromatic heterocycles. The van der Waals surface area contributed by atoms with E-state index in [-0.39, 0.29) is 5.97 Å². The molecule has 0 saturated carbocycles. The van der Waals surface area contributed by atoms with E-state index in [1.165, 1.54) is 12.8 Å². The molecular weight excluding hydrogens is 258 g/mol. The van der Waals surface area contributed by atoms with E-state index >= 15 is 0 Å². The molecule has 0 radical (unpaired) electrons. The average Bonchev–Trinajstić information content (AvgIpc) is 2.41. The van der Waals surface area contributed by atoms with Crippen molar-refractivity contribution in [3.63, 3.8) is 0 Å². The molecule has 1 amide bonds. The Morgan fingerprint density at radius 2 is 1.80 bits per heavy atom. The van der Waals surface area contributed by atoms with Gasteiger partial charge in [-0.15, -0.1) is 0 Å². The van der Waals surface area contributed by atoms with Crippen LogP contribution in [0.15, 0.2) is 0 Å².